The molecule has 0 radical (unpaired) electrons. The summed E-state index contributed by atoms with van der Waals surface area (Å²) in [6.07, 6.45) is -2.08. The van der Waals surface area contributed by atoms with E-state index in [1.165, 1.54) is 18.3 Å². The zero-order valence-corrected chi connectivity index (χ0v) is 21.6. The van der Waals surface area contributed by atoms with Crippen molar-refractivity contribution in [3.8, 4) is 11.1 Å². The highest BCUT2D eigenvalue weighted by molar-refractivity contribution is 5.94. The second-order valence-corrected chi connectivity index (χ2v) is 9.48. The standard InChI is InChI=1S/C29H24F6N4O2/c1-2-25(39-15-19(14-38-39)29(33,34)35)26(40)12-18(8-16-9-20(30)13-21(31)10-16)27-22(4-3-7-37-27)17-5-6-24(32)23(11-17)28(36)41/h3-7,9-11,13-15,18,25H,2,8,12H2,1H3,(H2,36,41)/t18-,25?/m1/s1. The van der Waals surface area contributed by atoms with Crippen LogP contribution in [0.3, 0.4) is 0 Å². The summed E-state index contributed by atoms with van der Waals surface area (Å²) in [6.45, 7) is 1.62. The predicted molar refractivity (Wildman–Crippen MR) is 137 cm³/mol. The van der Waals surface area contributed by atoms with Crippen LogP contribution in [0.4, 0.5) is 26.3 Å². The van der Waals surface area contributed by atoms with Gasteiger partial charge in [0.15, 0.2) is 5.78 Å². The number of nitrogens with zero attached hydrogens (tertiary/aromatic N) is 3. The lowest BCUT2D eigenvalue weighted by Crippen LogP contribution is -2.23. The summed E-state index contributed by atoms with van der Waals surface area (Å²) in [6, 6.07) is 8.71. The van der Waals surface area contributed by atoms with Crippen LogP contribution in [0.2, 0.25) is 0 Å². The van der Waals surface area contributed by atoms with Crippen LogP contribution in [0.25, 0.3) is 11.1 Å². The van der Waals surface area contributed by atoms with Crippen LogP contribution in [0.5, 0.6) is 0 Å². The van der Waals surface area contributed by atoms with Gasteiger partial charge < -0.3 is 5.73 Å². The zero-order chi connectivity index (χ0) is 29.9. The third-order valence-corrected chi connectivity index (χ3v) is 6.63. The van der Waals surface area contributed by atoms with Gasteiger partial charge in [0.25, 0.3) is 5.91 Å². The smallest absolute Gasteiger partial charge is 0.366 e. The summed E-state index contributed by atoms with van der Waals surface area (Å²) in [5.74, 6) is -4.82. The lowest BCUT2D eigenvalue weighted by atomic mass is 9.85. The Kier molecular flexibility index (Phi) is 8.60. The van der Waals surface area contributed by atoms with E-state index in [0.29, 0.717) is 29.1 Å². The molecule has 0 fully saturated rings. The first-order chi connectivity index (χ1) is 19.4. The number of ketones is 1. The van der Waals surface area contributed by atoms with Crippen LogP contribution in [0.15, 0.2) is 67.1 Å². The van der Waals surface area contributed by atoms with E-state index in [-0.39, 0.29) is 30.4 Å². The molecule has 12 heteroatoms. The second-order valence-electron chi connectivity index (χ2n) is 9.48. The second kappa shape index (κ2) is 11.9. The molecule has 41 heavy (non-hydrogen) atoms. The fourth-order valence-electron chi connectivity index (χ4n) is 4.74. The average Bonchev–Trinajstić information content (AvgIpc) is 3.39. The topological polar surface area (TPSA) is 90.9 Å². The Bertz CT molecular complexity index is 1560. The first kappa shape index (κ1) is 29.5. The maximum absolute atomic E-state index is 14.2. The van der Waals surface area contributed by atoms with Crippen molar-refractivity contribution < 1.29 is 35.9 Å². The van der Waals surface area contributed by atoms with Gasteiger partial charge in [0, 0.05) is 36.4 Å². The molecule has 0 saturated heterocycles. The highest BCUT2D eigenvalue weighted by atomic mass is 19.4. The van der Waals surface area contributed by atoms with Gasteiger partial charge in [-0.1, -0.05) is 19.1 Å². The van der Waals surface area contributed by atoms with Crippen LogP contribution in [-0.4, -0.2) is 26.5 Å². The van der Waals surface area contributed by atoms with Crippen LogP contribution >= 0.6 is 0 Å². The zero-order valence-electron chi connectivity index (χ0n) is 21.6. The van der Waals surface area contributed by atoms with Crippen molar-refractivity contribution in [2.75, 3.05) is 0 Å². The molecule has 0 aliphatic rings. The lowest BCUT2D eigenvalue weighted by Gasteiger charge is -2.22. The van der Waals surface area contributed by atoms with Gasteiger partial charge in [-0.15, -0.1) is 0 Å². The SMILES string of the molecule is CCC(C(=O)C[C@@H](Cc1cc(F)cc(F)c1)c1ncccc1-c1ccc(F)c(C(N)=O)c1)n1cc(C(F)(F)F)cn1. The first-order valence-corrected chi connectivity index (χ1v) is 12.5. The molecule has 1 amide bonds. The number of amides is 1. The van der Waals surface area contributed by atoms with E-state index in [4.69, 9.17) is 5.73 Å². The molecular formula is C29H24F6N4O2. The number of benzene rings is 2. The van der Waals surface area contributed by atoms with Crippen molar-refractivity contribution >= 4 is 11.7 Å². The Labute approximate surface area is 230 Å². The molecule has 0 spiro atoms. The molecule has 4 rings (SSSR count). The van der Waals surface area contributed by atoms with Gasteiger partial charge in [0.2, 0.25) is 0 Å². The minimum atomic E-state index is -4.65. The third-order valence-electron chi connectivity index (χ3n) is 6.63. The maximum Gasteiger partial charge on any atom is 0.419 e. The number of halogens is 6. The summed E-state index contributed by atoms with van der Waals surface area (Å²) < 4.78 is 82.7. The van der Waals surface area contributed by atoms with Crippen molar-refractivity contribution in [3.05, 3.63) is 107 Å². The van der Waals surface area contributed by atoms with Gasteiger partial charge in [-0.2, -0.15) is 18.3 Å². The third kappa shape index (κ3) is 6.82. The molecule has 2 atom stereocenters. The minimum Gasteiger partial charge on any atom is -0.366 e. The fourth-order valence-corrected chi connectivity index (χ4v) is 4.74. The predicted octanol–water partition coefficient (Wildman–Crippen LogP) is 6.42. The quantitative estimate of drug-likeness (QED) is 0.222. The summed E-state index contributed by atoms with van der Waals surface area (Å²) in [4.78, 5) is 29.7. The summed E-state index contributed by atoms with van der Waals surface area (Å²) in [5.41, 5.74) is 5.16. The van der Waals surface area contributed by atoms with Crippen LogP contribution < -0.4 is 5.73 Å². The molecule has 0 saturated carbocycles. The van der Waals surface area contributed by atoms with E-state index in [1.807, 2.05) is 0 Å². The Hall–Kier alpha value is -4.48. The van der Waals surface area contributed by atoms with E-state index >= 15 is 0 Å². The molecule has 214 valence electrons. The van der Waals surface area contributed by atoms with Gasteiger partial charge >= 0.3 is 6.18 Å². The van der Waals surface area contributed by atoms with Crippen molar-refractivity contribution in [1.29, 1.82) is 0 Å². The van der Waals surface area contributed by atoms with Crippen LogP contribution in [-0.2, 0) is 17.4 Å². The van der Waals surface area contributed by atoms with Crippen molar-refractivity contribution in [2.24, 2.45) is 5.73 Å². The largest absolute Gasteiger partial charge is 0.419 e. The number of carbonyl (C=O) groups is 2. The molecule has 4 aromatic rings. The number of carbonyl (C=O) groups excluding carboxylic acids is 2. The Morgan fingerprint density at radius 3 is 2.34 bits per heavy atom. The van der Waals surface area contributed by atoms with E-state index in [1.54, 1.807) is 19.1 Å². The normalized spacial score (nSPS) is 13.1. The Morgan fingerprint density at radius 2 is 1.73 bits per heavy atom. The number of primary amides is 1. The molecule has 6 nitrogen and oxygen atoms in total. The number of pyridine rings is 1. The summed E-state index contributed by atoms with van der Waals surface area (Å²) >= 11 is 0. The van der Waals surface area contributed by atoms with Gasteiger partial charge in [-0.3, -0.25) is 19.3 Å². The number of alkyl halides is 3. The maximum atomic E-state index is 14.2. The molecule has 1 unspecified atom stereocenters. The van der Waals surface area contributed by atoms with Crippen molar-refractivity contribution in [1.82, 2.24) is 14.8 Å². The van der Waals surface area contributed by atoms with Gasteiger partial charge in [0.05, 0.1) is 23.0 Å². The van der Waals surface area contributed by atoms with Gasteiger partial charge in [0.1, 0.15) is 23.5 Å². The minimum absolute atomic E-state index is 0.0718. The molecule has 0 bridgehead atoms. The number of hydrogen-bond donors (Lipinski definition) is 1. The number of nitrogens with two attached hydrogens (primary N) is 1. The van der Waals surface area contributed by atoms with E-state index in [0.717, 1.165) is 29.1 Å². The van der Waals surface area contributed by atoms with E-state index < -0.39 is 52.8 Å². The summed E-state index contributed by atoms with van der Waals surface area (Å²) in [5, 5.41) is 3.74. The monoisotopic (exact) mass is 574 g/mol. The molecule has 2 aromatic carbocycles. The molecule has 2 N–H and O–H groups in total. The molecule has 0 aliphatic heterocycles. The lowest BCUT2D eigenvalue weighted by molar-refractivity contribution is -0.137. The summed E-state index contributed by atoms with van der Waals surface area (Å²) in [7, 11) is 0. The first-order valence-electron chi connectivity index (χ1n) is 12.5. The van der Waals surface area contributed by atoms with E-state index in [9.17, 15) is 35.9 Å². The number of aromatic nitrogens is 3. The Balaban J connectivity index is 1.77. The molecular weight excluding hydrogens is 550 g/mol. The molecule has 2 heterocycles. The highest BCUT2D eigenvalue weighted by Gasteiger charge is 2.34. The van der Waals surface area contributed by atoms with Crippen LogP contribution in [0, 0.1) is 17.5 Å². The number of hydrogen-bond acceptors (Lipinski definition) is 4. The van der Waals surface area contributed by atoms with Gasteiger partial charge in [-0.05, 0) is 54.3 Å². The number of rotatable bonds is 10. The van der Waals surface area contributed by atoms with Gasteiger partial charge in [-0.25, -0.2) is 13.2 Å². The van der Waals surface area contributed by atoms with Crippen molar-refractivity contribution in [3.63, 3.8) is 0 Å². The molecule has 0 aliphatic carbocycles. The average molecular weight is 575 g/mol. The fraction of sp³-hybridized carbons (Fsp3) is 0.241. The Morgan fingerprint density at radius 1 is 1.02 bits per heavy atom. The van der Waals surface area contributed by atoms with Crippen LogP contribution in [0.1, 0.15) is 58.9 Å². The molecule has 2 aromatic heterocycles. The number of Topliss-reactive ketones (excluding diaryl/α,β-unsaturated/α-hetero) is 1. The highest BCUT2D eigenvalue weighted by Crippen LogP contribution is 2.35. The van der Waals surface area contributed by atoms with E-state index in [2.05, 4.69) is 10.1 Å². The van der Waals surface area contributed by atoms with Crippen molar-refractivity contribution in [2.45, 2.75) is 44.3 Å².